The lowest BCUT2D eigenvalue weighted by Crippen LogP contribution is -2.55. The zero-order chi connectivity index (χ0) is 14.3. The Morgan fingerprint density at radius 1 is 1.40 bits per heavy atom. The Morgan fingerprint density at radius 3 is 2.95 bits per heavy atom. The van der Waals surface area contributed by atoms with Gasteiger partial charge in [0.1, 0.15) is 6.04 Å². The lowest BCUT2D eigenvalue weighted by molar-refractivity contribution is -0.123. The van der Waals surface area contributed by atoms with Crippen LogP contribution in [0.2, 0.25) is 0 Å². The van der Waals surface area contributed by atoms with Crippen LogP contribution in [0.1, 0.15) is 18.9 Å². The van der Waals surface area contributed by atoms with Gasteiger partial charge in [0.15, 0.2) is 0 Å². The minimum Gasteiger partial charge on any atom is -0.397 e. The van der Waals surface area contributed by atoms with Crippen molar-refractivity contribution in [2.75, 3.05) is 29.0 Å². The Kier molecular flexibility index (Phi) is 3.00. The first kappa shape index (κ1) is 12.8. The number of hydrogen-bond donors (Lipinski definition) is 3. The molecule has 0 aromatic heterocycles. The number of amides is 2. The van der Waals surface area contributed by atoms with Gasteiger partial charge in [-0.2, -0.15) is 0 Å². The molecule has 1 fully saturated rings. The summed E-state index contributed by atoms with van der Waals surface area (Å²) >= 11 is 0. The first-order valence-corrected chi connectivity index (χ1v) is 6.86. The van der Waals surface area contributed by atoms with Crippen molar-refractivity contribution in [3.63, 3.8) is 0 Å². The molecule has 1 atom stereocenters. The van der Waals surface area contributed by atoms with E-state index in [0.717, 1.165) is 23.5 Å². The van der Waals surface area contributed by atoms with Crippen LogP contribution in [0, 0.1) is 0 Å². The maximum absolute atomic E-state index is 11.9. The van der Waals surface area contributed by atoms with Crippen LogP contribution < -0.4 is 21.3 Å². The SMILES string of the molecule is CCC1C(=O)NCCN1c1cc2c(cc1N)CC(=O)N2. The van der Waals surface area contributed by atoms with Gasteiger partial charge < -0.3 is 21.3 Å². The molecular formula is C14H18N4O2. The predicted octanol–water partition coefficient (Wildman–Crippen LogP) is 0.478. The van der Waals surface area contributed by atoms with E-state index in [1.165, 1.54) is 0 Å². The van der Waals surface area contributed by atoms with Crippen molar-refractivity contribution in [3.8, 4) is 0 Å². The fourth-order valence-electron chi connectivity index (χ4n) is 2.94. The highest BCUT2D eigenvalue weighted by atomic mass is 16.2. The van der Waals surface area contributed by atoms with Crippen LogP contribution in [-0.4, -0.2) is 30.9 Å². The van der Waals surface area contributed by atoms with Gasteiger partial charge in [0, 0.05) is 18.8 Å². The fraction of sp³-hybridized carbons (Fsp3) is 0.429. The molecule has 6 nitrogen and oxygen atoms in total. The number of nitrogens with zero attached hydrogens (tertiary/aromatic N) is 1. The summed E-state index contributed by atoms with van der Waals surface area (Å²) in [6, 6.07) is 3.51. The average molecular weight is 274 g/mol. The first-order valence-electron chi connectivity index (χ1n) is 6.86. The third-order valence-corrected chi connectivity index (χ3v) is 3.90. The Labute approximate surface area is 117 Å². The highest BCUT2D eigenvalue weighted by Crippen LogP contribution is 2.35. The van der Waals surface area contributed by atoms with E-state index < -0.39 is 0 Å². The summed E-state index contributed by atoms with van der Waals surface area (Å²) in [4.78, 5) is 25.4. The van der Waals surface area contributed by atoms with E-state index in [1.54, 1.807) is 0 Å². The molecule has 0 saturated carbocycles. The molecule has 1 unspecified atom stereocenters. The number of fused-ring (bicyclic) bond motifs is 1. The van der Waals surface area contributed by atoms with E-state index in [-0.39, 0.29) is 17.9 Å². The van der Waals surface area contributed by atoms with Crippen LogP contribution in [0.5, 0.6) is 0 Å². The monoisotopic (exact) mass is 274 g/mol. The van der Waals surface area contributed by atoms with Crippen molar-refractivity contribution < 1.29 is 9.59 Å². The molecule has 106 valence electrons. The smallest absolute Gasteiger partial charge is 0.242 e. The molecule has 4 N–H and O–H groups in total. The van der Waals surface area contributed by atoms with Crippen LogP contribution in [0.15, 0.2) is 12.1 Å². The molecule has 2 aliphatic rings. The molecular weight excluding hydrogens is 256 g/mol. The van der Waals surface area contributed by atoms with Gasteiger partial charge in [0.05, 0.1) is 17.8 Å². The summed E-state index contributed by atoms with van der Waals surface area (Å²) in [6.07, 6.45) is 1.09. The standard InChI is InChI=1S/C14H18N4O2/c1-2-11-14(20)16-3-4-18(11)12-7-10-8(5-9(12)15)6-13(19)17-10/h5,7,11H,2-4,6,15H2,1H3,(H,16,20)(H,17,19). The van der Waals surface area contributed by atoms with Crippen molar-refractivity contribution >= 4 is 28.9 Å². The molecule has 1 aromatic rings. The minimum absolute atomic E-state index is 0.0139. The third-order valence-electron chi connectivity index (χ3n) is 3.90. The molecule has 3 rings (SSSR count). The highest BCUT2D eigenvalue weighted by molar-refractivity contribution is 6.01. The van der Waals surface area contributed by atoms with Crippen LogP contribution in [0.3, 0.4) is 0 Å². The number of piperazine rings is 1. The normalized spacial score (nSPS) is 21.4. The molecule has 20 heavy (non-hydrogen) atoms. The number of carbonyl (C=O) groups is 2. The van der Waals surface area contributed by atoms with E-state index in [2.05, 4.69) is 10.6 Å². The molecule has 1 saturated heterocycles. The lowest BCUT2D eigenvalue weighted by Gasteiger charge is -2.37. The van der Waals surface area contributed by atoms with Gasteiger partial charge in [-0.1, -0.05) is 6.92 Å². The summed E-state index contributed by atoms with van der Waals surface area (Å²) in [7, 11) is 0. The highest BCUT2D eigenvalue weighted by Gasteiger charge is 2.30. The number of rotatable bonds is 2. The van der Waals surface area contributed by atoms with Crippen molar-refractivity contribution in [1.82, 2.24) is 5.32 Å². The van der Waals surface area contributed by atoms with Crippen LogP contribution in [0.4, 0.5) is 17.1 Å². The second-order valence-corrected chi connectivity index (χ2v) is 5.20. The van der Waals surface area contributed by atoms with Gasteiger partial charge in [0.2, 0.25) is 11.8 Å². The van der Waals surface area contributed by atoms with Crippen LogP contribution in [-0.2, 0) is 16.0 Å². The Bertz CT molecular complexity index is 585. The van der Waals surface area contributed by atoms with E-state index in [9.17, 15) is 9.59 Å². The summed E-state index contributed by atoms with van der Waals surface area (Å²) in [5.74, 6) is 0.0164. The molecule has 2 amide bonds. The summed E-state index contributed by atoms with van der Waals surface area (Å²) in [5.41, 5.74) is 9.29. The summed E-state index contributed by atoms with van der Waals surface area (Å²) in [6.45, 7) is 3.31. The average Bonchev–Trinajstić information content (AvgIpc) is 2.76. The predicted molar refractivity (Wildman–Crippen MR) is 77.6 cm³/mol. The maximum Gasteiger partial charge on any atom is 0.242 e. The summed E-state index contributed by atoms with van der Waals surface area (Å²) < 4.78 is 0. The molecule has 0 bridgehead atoms. The fourth-order valence-corrected chi connectivity index (χ4v) is 2.94. The van der Waals surface area contributed by atoms with Gasteiger partial charge in [-0.15, -0.1) is 0 Å². The van der Waals surface area contributed by atoms with E-state index in [1.807, 2.05) is 24.0 Å². The molecule has 2 heterocycles. The van der Waals surface area contributed by atoms with Crippen molar-refractivity contribution in [2.45, 2.75) is 25.8 Å². The second-order valence-electron chi connectivity index (χ2n) is 5.20. The van der Waals surface area contributed by atoms with Gasteiger partial charge in [-0.05, 0) is 24.1 Å². The van der Waals surface area contributed by atoms with Crippen molar-refractivity contribution in [1.29, 1.82) is 0 Å². The minimum atomic E-state index is -0.207. The number of nitrogens with one attached hydrogen (secondary N) is 2. The zero-order valence-electron chi connectivity index (χ0n) is 11.4. The zero-order valence-corrected chi connectivity index (χ0v) is 11.4. The Balaban J connectivity index is 1.99. The van der Waals surface area contributed by atoms with Crippen LogP contribution in [0.25, 0.3) is 0 Å². The number of hydrogen-bond acceptors (Lipinski definition) is 4. The second kappa shape index (κ2) is 4.70. The first-order chi connectivity index (χ1) is 9.60. The largest absolute Gasteiger partial charge is 0.397 e. The summed E-state index contributed by atoms with van der Waals surface area (Å²) in [5, 5.41) is 5.70. The number of nitrogen functional groups attached to an aromatic ring is 1. The van der Waals surface area contributed by atoms with E-state index in [4.69, 9.17) is 5.73 Å². The Morgan fingerprint density at radius 2 is 2.20 bits per heavy atom. The molecule has 2 aliphatic heterocycles. The van der Waals surface area contributed by atoms with Gasteiger partial charge >= 0.3 is 0 Å². The molecule has 0 spiro atoms. The number of benzene rings is 1. The van der Waals surface area contributed by atoms with Gasteiger partial charge in [-0.25, -0.2) is 0 Å². The molecule has 6 heteroatoms. The molecule has 0 aliphatic carbocycles. The lowest BCUT2D eigenvalue weighted by atomic mass is 10.1. The Hall–Kier alpha value is -2.24. The number of anilines is 3. The number of carbonyl (C=O) groups excluding carboxylic acids is 2. The topological polar surface area (TPSA) is 87.5 Å². The van der Waals surface area contributed by atoms with Crippen molar-refractivity contribution in [3.05, 3.63) is 17.7 Å². The van der Waals surface area contributed by atoms with Gasteiger partial charge in [0.25, 0.3) is 0 Å². The van der Waals surface area contributed by atoms with E-state index >= 15 is 0 Å². The van der Waals surface area contributed by atoms with Gasteiger partial charge in [-0.3, -0.25) is 9.59 Å². The number of nitrogens with two attached hydrogens (primary N) is 1. The van der Waals surface area contributed by atoms with E-state index in [0.29, 0.717) is 25.1 Å². The third kappa shape index (κ3) is 1.97. The maximum atomic E-state index is 11.9. The van der Waals surface area contributed by atoms with Crippen LogP contribution >= 0.6 is 0 Å². The molecule has 0 radical (unpaired) electrons. The van der Waals surface area contributed by atoms with Crippen molar-refractivity contribution in [2.24, 2.45) is 0 Å². The molecule has 1 aromatic carbocycles. The quantitative estimate of drug-likeness (QED) is 0.684.